The Hall–Kier alpha value is -2.15. The number of aliphatic hydroxyl groups is 1. The van der Waals surface area contributed by atoms with Gasteiger partial charge >= 0.3 is 6.18 Å². The van der Waals surface area contributed by atoms with Crippen LogP contribution in [0.3, 0.4) is 0 Å². The van der Waals surface area contributed by atoms with Gasteiger partial charge in [-0.15, -0.1) is 0 Å². The number of aryl methyl sites for hydroxylation is 1. The minimum atomic E-state index is -4.87. The third-order valence-corrected chi connectivity index (χ3v) is 4.34. The second-order valence-corrected chi connectivity index (χ2v) is 6.52. The van der Waals surface area contributed by atoms with Crippen LogP contribution in [-0.2, 0) is 6.42 Å². The fraction of sp³-hybridized carbons (Fsp3) is 0.476. The minimum Gasteiger partial charge on any atom is -0.496 e. The van der Waals surface area contributed by atoms with Gasteiger partial charge in [-0.1, -0.05) is 20.8 Å². The Kier molecular flexibility index (Phi) is 8.42. The van der Waals surface area contributed by atoms with Crippen LogP contribution in [0.25, 0.3) is 0 Å². The van der Waals surface area contributed by atoms with Crippen LogP contribution in [0.5, 0.6) is 5.75 Å². The number of hydrogen-bond donors (Lipinski definition) is 1. The number of aromatic nitrogens is 1. The molecule has 2 aromatic rings. The van der Waals surface area contributed by atoms with Crippen LogP contribution in [0.1, 0.15) is 49.9 Å². The third kappa shape index (κ3) is 5.92. The van der Waals surface area contributed by atoms with E-state index in [0.717, 1.165) is 11.6 Å². The maximum atomic E-state index is 13.6. The average molecular weight is 401 g/mol. The number of rotatable bonds is 6. The molecule has 2 rings (SSSR count). The molecule has 3 nitrogen and oxygen atoms in total. The van der Waals surface area contributed by atoms with Gasteiger partial charge in [-0.2, -0.15) is 13.2 Å². The summed E-state index contributed by atoms with van der Waals surface area (Å²) in [7, 11) is 1.36. The summed E-state index contributed by atoms with van der Waals surface area (Å²) in [5.74, 6) is -1.10. The van der Waals surface area contributed by atoms with Crippen molar-refractivity contribution >= 4 is 0 Å². The molecule has 0 radical (unpaired) electrons. The van der Waals surface area contributed by atoms with E-state index in [0.29, 0.717) is 0 Å². The van der Waals surface area contributed by atoms with E-state index in [4.69, 9.17) is 4.74 Å². The van der Waals surface area contributed by atoms with Crippen LogP contribution < -0.4 is 4.74 Å². The first-order valence-electron chi connectivity index (χ1n) is 9.10. The molecule has 7 heteroatoms. The monoisotopic (exact) mass is 401 g/mol. The highest BCUT2D eigenvalue weighted by Crippen LogP contribution is 2.42. The van der Waals surface area contributed by atoms with Crippen molar-refractivity contribution in [3.63, 3.8) is 0 Å². The van der Waals surface area contributed by atoms with Gasteiger partial charge in [0.2, 0.25) is 0 Å². The highest BCUT2D eigenvalue weighted by molar-refractivity contribution is 5.37. The number of pyridine rings is 1. The fourth-order valence-electron chi connectivity index (χ4n) is 2.99. The zero-order valence-electron chi connectivity index (χ0n) is 16.8. The predicted molar refractivity (Wildman–Crippen MR) is 101 cm³/mol. The van der Waals surface area contributed by atoms with Gasteiger partial charge in [0, 0.05) is 18.3 Å². The van der Waals surface area contributed by atoms with Gasteiger partial charge in [0.1, 0.15) is 11.6 Å². The summed E-state index contributed by atoms with van der Waals surface area (Å²) in [5, 5.41) is 10.5. The van der Waals surface area contributed by atoms with E-state index in [1.165, 1.54) is 38.4 Å². The minimum absolute atomic E-state index is 0.142. The van der Waals surface area contributed by atoms with Crippen LogP contribution in [0.15, 0.2) is 36.5 Å². The van der Waals surface area contributed by atoms with Crippen LogP contribution in [-0.4, -0.2) is 29.0 Å². The molecule has 2 atom stereocenters. The van der Waals surface area contributed by atoms with Crippen molar-refractivity contribution in [3.05, 3.63) is 59.2 Å². The molecular formula is C21H27F4NO2. The molecule has 156 valence electrons. The molecule has 2 unspecified atom stereocenters. The number of methoxy groups -OCH3 is 1. The topological polar surface area (TPSA) is 42.4 Å². The third-order valence-electron chi connectivity index (χ3n) is 4.34. The van der Waals surface area contributed by atoms with Crippen molar-refractivity contribution in [1.29, 1.82) is 0 Å². The summed E-state index contributed by atoms with van der Waals surface area (Å²) in [5.41, 5.74) is -1.83. The van der Waals surface area contributed by atoms with Crippen molar-refractivity contribution in [1.82, 2.24) is 4.98 Å². The van der Waals surface area contributed by atoms with Gasteiger partial charge in [0.25, 0.3) is 0 Å². The summed E-state index contributed by atoms with van der Waals surface area (Å²) >= 11 is 0. The van der Waals surface area contributed by atoms with Crippen LogP contribution in [0.2, 0.25) is 0 Å². The number of hydrogen-bond acceptors (Lipinski definition) is 3. The molecule has 0 bridgehead atoms. The zero-order chi connectivity index (χ0) is 21.5. The molecule has 28 heavy (non-hydrogen) atoms. The van der Waals surface area contributed by atoms with Gasteiger partial charge in [-0.3, -0.25) is 4.98 Å². The largest absolute Gasteiger partial charge is 0.496 e. The smallest absolute Gasteiger partial charge is 0.417 e. The predicted octanol–water partition coefficient (Wildman–Crippen LogP) is 5.59. The Morgan fingerprint density at radius 1 is 1.14 bits per heavy atom. The lowest BCUT2D eigenvalue weighted by Crippen LogP contribution is -2.48. The summed E-state index contributed by atoms with van der Waals surface area (Å²) in [6.45, 7) is 7.23. The lowest BCUT2D eigenvalue weighted by atomic mass is 9.83. The van der Waals surface area contributed by atoms with E-state index in [2.05, 4.69) is 4.98 Å². The van der Waals surface area contributed by atoms with Gasteiger partial charge < -0.3 is 9.84 Å². The van der Waals surface area contributed by atoms with Gasteiger partial charge in [0.15, 0.2) is 5.60 Å². The Labute approximate surface area is 163 Å². The summed E-state index contributed by atoms with van der Waals surface area (Å²) in [4.78, 5) is 3.92. The van der Waals surface area contributed by atoms with E-state index < -0.39 is 36.4 Å². The first kappa shape index (κ1) is 23.9. The second-order valence-electron chi connectivity index (χ2n) is 6.52. The van der Waals surface area contributed by atoms with Gasteiger partial charge in [0.05, 0.1) is 7.11 Å². The van der Waals surface area contributed by atoms with E-state index in [1.807, 2.05) is 13.8 Å². The molecule has 0 saturated carbocycles. The summed E-state index contributed by atoms with van der Waals surface area (Å²) in [6.07, 6.45) is -4.79. The average Bonchev–Trinajstić information content (AvgIpc) is 2.62. The molecule has 1 heterocycles. The molecule has 1 aromatic heterocycles. The molecule has 1 N–H and O–H groups in total. The number of ether oxygens (including phenoxy) is 1. The highest BCUT2D eigenvalue weighted by atomic mass is 19.4. The highest BCUT2D eigenvalue weighted by Gasteiger charge is 2.54. The van der Waals surface area contributed by atoms with Crippen molar-refractivity contribution < 1.29 is 27.4 Å². The molecule has 0 aliphatic rings. The first-order valence-corrected chi connectivity index (χ1v) is 9.10. The van der Waals surface area contributed by atoms with E-state index in [-0.39, 0.29) is 17.0 Å². The Balaban J connectivity index is 0.00000190. The number of alkyl halides is 3. The van der Waals surface area contributed by atoms with Crippen LogP contribution >= 0.6 is 0 Å². The fourth-order valence-corrected chi connectivity index (χ4v) is 2.99. The molecule has 0 aliphatic heterocycles. The Morgan fingerprint density at radius 2 is 1.79 bits per heavy atom. The molecule has 0 saturated heterocycles. The van der Waals surface area contributed by atoms with Crippen molar-refractivity contribution in [2.75, 3.05) is 7.11 Å². The number of benzene rings is 1. The first-order chi connectivity index (χ1) is 13.1. The second kappa shape index (κ2) is 9.87. The van der Waals surface area contributed by atoms with Gasteiger partial charge in [-0.05, 0) is 60.7 Å². The number of nitrogens with zero attached hydrogens (tertiary/aromatic N) is 1. The lowest BCUT2D eigenvalue weighted by Gasteiger charge is -2.33. The Morgan fingerprint density at radius 3 is 2.32 bits per heavy atom. The molecular weight excluding hydrogens is 374 g/mol. The Bertz CT molecular complexity index is 764. The van der Waals surface area contributed by atoms with Crippen molar-refractivity contribution in [3.8, 4) is 5.75 Å². The van der Waals surface area contributed by atoms with E-state index in [1.54, 1.807) is 13.0 Å². The maximum Gasteiger partial charge on any atom is 0.417 e. The lowest BCUT2D eigenvalue weighted by molar-refractivity contribution is -0.263. The zero-order valence-corrected chi connectivity index (χ0v) is 16.8. The molecule has 0 spiro atoms. The molecule has 0 aliphatic carbocycles. The number of halogens is 4. The maximum absolute atomic E-state index is 13.6. The summed E-state index contributed by atoms with van der Waals surface area (Å²) in [6, 6.07) is 6.82. The quantitative estimate of drug-likeness (QED) is 0.641. The standard InChI is InChI=1S/C19H21F4NO2.C2H6/c1-12-6-7-24-15(8-12)11-18(25,19(21,22)23)10-13(2)16-9-14(20)4-5-17(16)26-3;1-2/h4-9,13,25H,10-11H2,1-3H3;1-2H3. The van der Waals surface area contributed by atoms with Gasteiger partial charge in [-0.25, -0.2) is 4.39 Å². The van der Waals surface area contributed by atoms with E-state index >= 15 is 0 Å². The molecule has 1 aromatic carbocycles. The van der Waals surface area contributed by atoms with Crippen molar-refractivity contribution in [2.24, 2.45) is 0 Å². The normalized spacial score (nSPS) is 14.5. The molecule has 0 amide bonds. The SMILES string of the molecule is CC.COc1ccc(F)cc1C(C)CC(O)(Cc1cc(C)ccn1)C(F)(F)F. The van der Waals surface area contributed by atoms with Crippen molar-refractivity contribution in [2.45, 2.75) is 58.2 Å². The van der Waals surface area contributed by atoms with Crippen LogP contribution in [0, 0.1) is 12.7 Å². The molecule has 0 fully saturated rings. The van der Waals surface area contributed by atoms with Crippen LogP contribution in [0.4, 0.5) is 17.6 Å². The summed E-state index contributed by atoms with van der Waals surface area (Å²) < 4.78 is 59.6. The van der Waals surface area contributed by atoms with E-state index in [9.17, 15) is 22.7 Å².